The Morgan fingerprint density at radius 1 is 0.968 bits per heavy atom. The average molecular weight is 494 g/mol. The molecule has 0 aromatic heterocycles. The number of carbonyl (C=O) groups is 4. The number of rotatable bonds is 9. The second kappa shape index (κ2) is 10.4. The zero-order chi connectivity index (χ0) is 23.1. The molecule has 164 valence electrons. The Labute approximate surface area is 185 Å². The summed E-state index contributed by atoms with van der Waals surface area (Å²) in [5.74, 6) is -2.35. The summed E-state index contributed by atoms with van der Waals surface area (Å²) in [6.45, 7) is 1.57. The maximum absolute atomic E-state index is 12.3. The topological polar surface area (TPSA) is 160 Å². The van der Waals surface area contributed by atoms with Gasteiger partial charge >= 0.3 is 5.97 Å². The van der Waals surface area contributed by atoms with Crippen LogP contribution in [0.2, 0.25) is 0 Å². The third kappa shape index (κ3) is 6.19. The molecule has 0 spiro atoms. The molecule has 31 heavy (non-hydrogen) atoms. The van der Waals surface area contributed by atoms with Crippen molar-refractivity contribution in [2.45, 2.75) is 6.92 Å². The van der Waals surface area contributed by atoms with E-state index in [0.29, 0.717) is 22.6 Å². The fourth-order valence-electron chi connectivity index (χ4n) is 2.52. The van der Waals surface area contributed by atoms with Gasteiger partial charge in [0.2, 0.25) is 11.8 Å². The Balaban J connectivity index is 2.10. The van der Waals surface area contributed by atoms with Crippen LogP contribution < -0.4 is 26.3 Å². The highest BCUT2D eigenvalue weighted by atomic mass is 79.9. The number of nitrogens with one attached hydrogen (secondary N) is 1. The molecule has 0 saturated carbocycles. The molecule has 2 aromatic rings. The number of amides is 3. The van der Waals surface area contributed by atoms with Gasteiger partial charge in [0.1, 0.15) is 0 Å². The van der Waals surface area contributed by atoms with E-state index >= 15 is 0 Å². The minimum Gasteiger partial charge on any atom is -0.493 e. The third-order valence-corrected chi connectivity index (χ3v) is 4.46. The lowest BCUT2D eigenvalue weighted by molar-refractivity contribution is -0.119. The van der Waals surface area contributed by atoms with Gasteiger partial charge in [0.25, 0.3) is 5.91 Å². The number of benzene rings is 2. The van der Waals surface area contributed by atoms with Gasteiger partial charge in [0, 0.05) is 16.8 Å². The molecule has 0 saturated heterocycles. The van der Waals surface area contributed by atoms with E-state index in [4.69, 9.17) is 25.7 Å². The quantitative estimate of drug-likeness (QED) is 0.449. The third-order valence-electron chi connectivity index (χ3n) is 3.87. The first-order valence-corrected chi connectivity index (χ1v) is 9.67. The van der Waals surface area contributed by atoms with Crippen molar-refractivity contribution >= 4 is 45.3 Å². The van der Waals surface area contributed by atoms with Crippen molar-refractivity contribution in [3.63, 3.8) is 0 Å². The van der Waals surface area contributed by atoms with Crippen LogP contribution >= 0.6 is 15.9 Å². The molecule has 3 amide bonds. The SMILES string of the molecule is CCOc1c(Br)cc(C(=O)OCC(=O)Nc2cc(C(N)=O)cc(C(N)=O)c2)cc1OC. The lowest BCUT2D eigenvalue weighted by Gasteiger charge is -2.13. The van der Waals surface area contributed by atoms with Crippen LogP contribution in [0.15, 0.2) is 34.8 Å². The number of esters is 1. The molecule has 10 nitrogen and oxygen atoms in total. The van der Waals surface area contributed by atoms with Gasteiger partial charge in [0.05, 0.1) is 23.8 Å². The van der Waals surface area contributed by atoms with Gasteiger partial charge in [-0.2, -0.15) is 0 Å². The summed E-state index contributed by atoms with van der Waals surface area (Å²) in [4.78, 5) is 47.3. The molecule has 0 aliphatic carbocycles. The highest BCUT2D eigenvalue weighted by molar-refractivity contribution is 9.10. The Hall–Kier alpha value is -3.60. The molecule has 0 radical (unpaired) electrons. The Kier molecular flexibility index (Phi) is 7.97. The van der Waals surface area contributed by atoms with Crippen molar-refractivity contribution in [2.75, 3.05) is 25.6 Å². The Morgan fingerprint density at radius 3 is 2.10 bits per heavy atom. The highest BCUT2D eigenvalue weighted by Crippen LogP contribution is 2.36. The maximum Gasteiger partial charge on any atom is 0.338 e. The van der Waals surface area contributed by atoms with Crippen LogP contribution in [0.4, 0.5) is 5.69 Å². The molecule has 0 aliphatic rings. The second-order valence-corrected chi connectivity index (χ2v) is 6.93. The largest absolute Gasteiger partial charge is 0.493 e. The van der Waals surface area contributed by atoms with Crippen molar-refractivity contribution < 1.29 is 33.4 Å². The van der Waals surface area contributed by atoms with Gasteiger partial charge in [-0.25, -0.2) is 4.79 Å². The highest BCUT2D eigenvalue weighted by Gasteiger charge is 2.18. The van der Waals surface area contributed by atoms with E-state index in [1.165, 1.54) is 37.4 Å². The van der Waals surface area contributed by atoms with Crippen molar-refractivity contribution in [3.05, 3.63) is 51.5 Å². The van der Waals surface area contributed by atoms with Crippen molar-refractivity contribution in [1.29, 1.82) is 0 Å². The van der Waals surface area contributed by atoms with Crippen molar-refractivity contribution in [2.24, 2.45) is 11.5 Å². The van der Waals surface area contributed by atoms with Gasteiger partial charge in [-0.1, -0.05) is 0 Å². The number of halogens is 1. The zero-order valence-corrected chi connectivity index (χ0v) is 18.3. The minimum absolute atomic E-state index is 0.0186. The average Bonchev–Trinajstić information content (AvgIpc) is 2.72. The lowest BCUT2D eigenvalue weighted by Crippen LogP contribution is -2.22. The predicted octanol–water partition coefficient (Wildman–Crippen LogP) is 1.85. The van der Waals surface area contributed by atoms with E-state index in [0.717, 1.165) is 0 Å². The number of anilines is 1. The van der Waals surface area contributed by atoms with Gasteiger partial charge in [0.15, 0.2) is 18.1 Å². The molecule has 0 heterocycles. The summed E-state index contributed by atoms with van der Waals surface area (Å²) < 4.78 is 16.2. The number of ether oxygens (including phenoxy) is 3. The standard InChI is InChI=1S/C20H20BrN3O7/c1-3-30-17-14(21)7-12(8-15(17)29-2)20(28)31-9-16(25)24-13-5-10(18(22)26)4-11(6-13)19(23)27/h4-8H,3,9H2,1-2H3,(H2,22,26)(H2,23,27)(H,24,25). The predicted molar refractivity (Wildman–Crippen MR) is 114 cm³/mol. The molecule has 0 unspecified atom stereocenters. The smallest absolute Gasteiger partial charge is 0.338 e. The van der Waals surface area contributed by atoms with Crippen molar-refractivity contribution in [1.82, 2.24) is 0 Å². The number of methoxy groups -OCH3 is 1. The van der Waals surface area contributed by atoms with Gasteiger partial charge in [-0.3, -0.25) is 14.4 Å². The number of nitrogens with two attached hydrogens (primary N) is 2. The molecule has 0 bridgehead atoms. The molecule has 11 heteroatoms. The van der Waals surface area contributed by atoms with Crippen molar-refractivity contribution in [3.8, 4) is 11.5 Å². The Bertz CT molecular complexity index is 1010. The van der Waals surface area contributed by atoms with Gasteiger partial charge in [-0.15, -0.1) is 0 Å². The Morgan fingerprint density at radius 2 is 1.58 bits per heavy atom. The van der Waals surface area contributed by atoms with E-state index in [1.807, 2.05) is 0 Å². The molecular formula is C20H20BrN3O7. The summed E-state index contributed by atoms with van der Waals surface area (Å²) in [6.07, 6.45) is 0. The first-order valence-electron chi connectivity index (χ1n) is 8.88. The fourth-order valence-corrected chi connectivity index (χ4v) is 3.07. The fraction of sp³-hybridized carbons (Fsp3) is 0.200. The summed E-state index contributed by atoms with van der Waals surface area (Å²) in [7, 11) is 1.42. The molecule has 5 N–H and O–H groups in total. The molecule has 2 aromatic carbocycles. The van der Waals surface area contributed by atoms with E-state index in [-0.39, 0.29) is 22.4 Å². The van der Waals surface area contributed by atoms with Gasteiger partial charge in [-0.05, 0) is 53.2 Å². The van der Waals surface area contributed by atoms with Crippen LogP contribution in [0, 0.1) is 0 Å². The number of hydrogen-bond acceptors (Lipinski definition) is 7. The summed E-state index contributed by atoms with van der Waals surface area (Å²) >= 11 is 3.30. The summed E-state index contributed by atoms with van der Waals surface area (Å²) in [5.41, 5.74) is 10.6. The first-order chi connectivity index (χ1) is 14.7. The summed E-state index contributed by atoms with van der Waals surface area (Å²) in [5, 5.41) is 2.41. The minimum atomic E-state index is -0.806. The van der Waals surface area contributed by atoms with Crippen LogP contribution in [-0.4, -0.2) is 44.0 Å². The zero-order valence-electron chi connectivity index (χ0n) is 16.7. The monoisotopic (exact) mass is 493 g/mol. The van der Waals surface area contributed by atoms with Crippen LogP contribution in [-0.2, 0) is 9.53 Å². The molecule has 0 fully saturated rings. The normalized spacial score (nSPS) is 10.2. The second-order valence-electron chi connectivity index (χ2n) is 6.07. The summed E-state index contributed by atoms with van der Waals surface area (Å²) in [6, 6.07) is 6.64. The number of carbonyl (C=O) groups excluding carboxylic acids is 4. The van der Waals surface area contributed by atoms with E-state index < -0.39 is 30.3 Å². The van der Waals surface area contributed by atoms with Crippen LogP contribution in [0.1, 0.15) is 38.0 Å². The van der Waals surface area contributed by atoms with E-state index in [2.05, 4.69) is 21.2 Å². The van der Waals surface area contributed by atoms with E-state index in [9.17, 15) is 19.2 Å². The van der Waals surface area contributed by atoms with Crippen LogP contribution in [0.3, 0.4) is 0 Å². The number of primary amides is 2. The first kappa shape index (κ1) is 23.7. The van der Waals surface area contributed by atoms with E-state index in [1.54, 1.807) is 6.92 Å². The lowest BCUT2D eigenvalue weighted by atomic mass is 10.1. The molecule has 2 rings (SSSR count). The van der Waals surface area contributed by atoms with Gasteiger partial charge < -0.3 is 31.0 Å². The molecular weight excluding hydrogens is 474 g/mol. The van der Waals surface area contributed by atoms with Crippen LogP contribution in [0.5, 0.6) is 11.5 Å². The van der Waals surface area contributed by atoms with Crippen LogP contribution in [0.25, 0.3) is 0 Å². The molecule has 0 atom stereocenters. The number of hydrogen-bond donors (Lipinski definition) is 3. The molecule has 0 aliphatic heterocycles. The maximum atomic E-state index is 12.3.